The third-order valence-electron chi connectivity index (χ3n) is 1.68. The molecular weight excluding hydrogens is 242 g/mol. The van der Waals surface area contributed by atoms with E-state index in [2.05, 4.69) is 10.6 Å². The van der Waals surface area contributed by atoms with Crippen LogP contribution in [0.1, 0.15) is 26.7 Å². The van der Waals surface area contributed by atoms with Gasteiger partial charge in [-0.2, -0.15) is 0 Å². The van der Waals surface area contributed by atoms with Crippen molar-refractivity contribution in [3.05, 3.63) is 0 Å². The number of aliphatic carboxylic acids is 1. The second-order valence-corrected chi connectivity index (χ2v) is 3.85. The number of hydrogen-bond donors (Lipinski definition) is 4. The number of carboxylic acid groups (broad SMARTS) is 1. The molecule has 0 aromatic heterocycles. The molecule has 8 heteroatoms. The van der Waals surface area contributed by atoms with Crippen LogP contribution in [0.15, 0.2) is 0 Å². The van der Waals surface area contributed by atoms with Crippen molar-refractivity contribution >= 4 is 23.8 Å². The zero-order valence-electron chi connectivity index (χ0n) is 10.3. The molecule has 0 saturated carbocycles. The summed E-state index contributed by atoms with van der Waals surface area (Å²) in [5.41, 5.74) is 0. The van der Waals surface area contributed by atoms with Crippen LogP contribution in [-0.4, -0.2) is 41.5 Å². The van der Waals surface area contributed by atoms with E-state index >= 15 is 0 Å². The zero-order chi connectivity index (χ0) is 14.1. The molecule has 0 aromatic rings. The molecular formula is C10H17N3O5. The van der Waals surface area contributed by atoms with E-state index in [0.717, 1.165) is 0 Å². The van der Waals surface area contributed by atoms with Crippen LogP contribution >= 0.6 is 0 Å². The lowest BCUT2D eigenvalue weighted by Gasteiger charge is -2.09. The minimum Gasteiger partial charge on any atom is -0.481 e. The standard InChI is InChI=1S/C10H17N3O5/c1-6(2)12-8(15)5-11-10(18)13-7(14)3-4-9(16)17/h6H,3-5H2,1-2H3,(H,12,15)(H,16,17)(H2,11,13,14,18). The van der Waals surface area contributed by atoms with E-state index in [0.29, 0.717) is 0 Å². The Bertz CT molecular complexity index is 340. The Morgan fingerprint density at radius 1 is 1.06 bits per heavy atom. The van der Waals surface area contributed by atoms with E-state index in [1.165, 1.54) is 0 Å². The first kappa shape index (κ1) is 15.9. The van der Waals surface area contributed by atoms with Crippen LogP contribution < -0.4 is 16.0 Å². The Labute approximate surface area is 104 Å². The minimum atomic E-state index is -1.12. The van der Waals surface area contributed by atoms with E-state index in [1.807, 2.05) is 5.32 Å². The predicted molar refractivity (Wildman–Crippen MR) is 61.7 cm³/mol. The summed E-state index contributed by atoms with van der Waals surface area (Å²) in [6.07, 6.45) is -0.645. The van der Waals surface area contributed by atoms with Crippen molar-refractivity contribution in [2.45, 2.75) is 32.7 Å². The topological polar surface area (TPSA) is 125 Å². The second-order valence-electron chi connectivity index (χ2n) is 3.85. The van der Waals surface area contributed by atoms with Crippen molar-refractivity contribution < 1.29 is 24.3 Å². The summed E-state index contributed by atoms with van der Waals surface area (Å²) >= 11 is 0. The maximum Gasteiger partial charge on any atom is 0.321 e. The lowest BCUT2D eigenvalue weighted by atomic mass is 10.3. The fourth-order valence-corrected chi connectivity index (χ4v) is 0.987. The number of carboxylic acids is 1. The van der Waals surface area contributed by atoms with Gasteiger partial charge < -0.3 is 15.7 Å². The monoisotopic (exact) mass is 259 g/mol. The first-order valence-electron chi connectivity index (χ1n) is 5.40. The normalized spacial score (nSPS) is 9.72. The smallest absolute Gasteiger partial charge is 0.321 e. The third-order valence-corrected chi connectivity index (χ3v) is 1.68. The van der Waals surface area contributed by atoms with E-state index in [-0.39, 0.29) is 31.3 Å². The number of urea groups is 1. The molecule has 0 spiro atoms. The molecule has 0 aromatic carbocycles. The molecule has 0 unspecified atom stereocenters. The van der Waals surface area contributed by atoms with Crippen LogP contribution in [0.5, 0.6) is 0 Å². The fraction of sp³-hybridized carbons (Fsp3) is 0.600. The number of nitrogens with one attached hydrogen (secondary N) is 3. The van der Waals surface area contributed by atoms with Crippen molar-refractivity contribution in [2.24, 2.45) is 0 Å². The first-order valence-corrected chi connectivity index (χ1v) is 5.40. The van der Waals surface area contributed by atoms with Gasteiger partial charge in [0.15, 0.2) is 0 Å². The molecule has 0 radical (unpaired) electrons. The first-order chi connectivity index (χ1) is 8.31. The third kappa shape index (κ3) is 9.13. The van der Waals surface area contributed by atoms with Gasteiger partial charge in [-0.15, -0.1) is 0 Å². The van der Waals surface area contributed by atoms with Gasteiger partial charge in [-0.05, 0) is 13.8 Å². The highest BCUT2D eigenvalue weighted by Crippen LogP contribution is 1.88. The van der Waals surface area contributed by atoms with Gasteiger partial charge in [-0.3, -0.25) is 19.7 Å². The quantitative estimate of drug-likeness (QED) is 0.497. The van der Waals surface area contributed by atoms with Gasteiger partial charge in [-0.25, -0.2) is 4.79 Å². The molecule has 102 valence electrons. The fourth-order valence-electron chi connectivity index (χ4n) is 0.987. The molecule has 0 bridgehead atoms. The number of hydrogen-bond acceptors (Lipinski definition) is 4. The summed E-state index contributed by atoms with van der Waals surface area (Å²) in [5, 5.41) is 15.0. The van der Waals surface area contributed by atoms with Crippen molar-refractivity contribution in [1.82, 2.24) is 16.0 Å². The van der Waals surface area contributed by atoms with Crippen LogP contribution in [0.2, 0.25) is 0 Å². The van der Waals surface area contributed by atoms with Crippen LogP contribution in [0.25, 0.3) is 0 Å². The minimum absolute atomic E-state index is 0.0421. The number of carbonyl (C=O) groups excluding carboxylic acids is 3. The Morgan fingerprint density at radius 3 is 2.17 bits per heavy atom. The molecule has 0 saturated heterocycles. The molecule has 0 rings (SSSR count). The average Bonchev–Trinajstić information content (AvgIpc) is 2.22. The molecule has 8 nitrogen and oxygen atoms in total. The van der Waals surface area contributed by atoms with Crippen molar-refractivity contribution in [3.8, 4) is 0 Å². The molecule has 4 N–H and O–H groups in total. The Balaban J connectivity index is 3.80. The van der Waals surface area contributed by atoms with Gasteiger partial charge in [-0.1, -0.05) is 0 Å². The van der Waals surface area contributed by atoms with Crippen LogP contribution in [-0.2, 0) is 14.4 Å². The molecule has 0 aliphatic heterocycles. The highest BCUT2D eigenvalue weighted by molar-refractivity contribution is 5.96. The number of rotatable bonds is 6. The van der Waals surface area contributed by atoms with Gasteiger partial charge in [0.2, 0.25) is 11.8 Å². The van der Waals surface area contributed by atoms with Gasteiger partial charge >= 0.3 is 12.0 Å². The maximum atomic E-state index is 11.1. The summed E-state index contributed by atoms with van der Waals surface area (Å²) in [5.74, 6) is -2.21. The van der Waals surface area contributed by atoms with Gasteiger partial charge in [0.1, 0.15) is 0 Å². The lowest BCUT2D eigenvalue weighted by Crippen LogP contribution is -2.45. The Kier molecular flexibility index (Phi) is 7.10. The molecule has 0 heterocycles. The average molecular weight is 259 g/mol. The molecule has 0 aliphatic rings. The van der Waals surface area contributed by atoms with E-state index in [4.69, 9.17) is 5.11 Å². The van der Waals surface area contributed by atoms with Crippen LogP contribution in [0, 0.1) is 0 Å². The Hall–Kier alpha value is -2.12. The summed E-state index contributed by atoms with van der Waals surface area (Å²) in [6.45, 7) is 3.29. The van der Waals surface area contributed by atoms with E-state index < -0.39 is 17.9 Å². The summed E-state index contributed by atoms with van der Waals surface area (Å²) in [6, 6.07) is -0.871. The van der Waals surface area contributed by atoms with Gasteiger partial charge in [0.25, 0.3) is 0 Å². The second kappa shape index (κ2) is 8.04. The van der Waals surface area contributed by atoms with E-state index in [9.17, 15) is 19.2 Å². The SMILES string of the molecule is CC(C)NC(=O)CNC(=O)NC(=O)CCC(=O)O. The number of carbonyl (C=O) groups is 4. The molecule has 4 amide bonds. The Morgan fingerprint density at radius 2 is 1.67 bits per heavy atom. The highest BCUT2D eigenvalue weighted by atomic mass is 16.4. The maximum absolute atomic E-state index is 11.1. The zero-order valence-corrected chi connectivity index (χ0v) is 10.3. The van der Waals surface area contributed by atoms with E-state index in [1.54, 1.807) is 13.8 Å². The molecule has 0 fully saturated rings. The molecule has 0 aliphatic carbocycles. The highest BCUT2D eigenvalue weighted by Gasteiger charge is 2.10. The molecule has 18 heavy (non-hydrogen) atoms. The summed E-state index contributed by atoms with van der Waals surface area (Å²) < 4.78 is 0. The van der Waals surface area contributed by atoms with Crippen molar-refractivity contribution in [1.29, 1.82) is 0 Å². The predicted octanol–water partition coefficient (Wildman–Crippen LogP) is -0.798. The largest absolute Gasteiger partial charge is 0.481 e. The van der Waals surface area contributed by atoms with Crippen LogP contribution in [0.3, 0.4) is 0 Å². The van der Waals surface area contributed by atoms with Crippen molar-refractivity contribution in [2.75, 3.05) is 6.54 Å². The van der Waals surface area contributed by atoms with Gasteiger partial charge in [0, 0.05) is 12.5 Å². The number of imide groups is 1. The molecule has 0 atom stereocenters. The lowest BCUT2D eigenvalue weighted by molar-refractivity contribution is -0.138. The summed E-state index contributed by atoms with van der Waals surface area (Å²) in [7, 11) is 0. The van der Waals surface area contributed by atoms with Gasteiger partial charge in [0.05, 0.1) is 13.0 Å². The van der Waals surface area contributed by atoms with Crippen molar-refractivity contribution in [3.63, 3.8) is 0 Å². The number of amides is 4. The summed E-state index contributed by atoms with van der Waals surface area (Å²) in [4.78, 5) is 43.5. The van der Waals surface area contributed by atoms with Crippen LogP contribution in [0.4, 0.5) is 4.79 Å².